The van der Waals surface area contributed by atoms with Gasteiger partial charge in [0, 0.05) is 25.1 Å². The lowest BCUT2D eigenvalue weighted by atomic mass is 10.0. The third-order valence-corrected chi connectivity index (χ3v) is 7.29. The van der Waals surface area contributed by atoms with Gasteiger partial charge >= 0.3 is 0 Å². The van der Waals surface area contributed by atoms with Gasteiger partial charge in [-0.25, -0.2) is 0 Å². The molecule has 46 heavy (non-hydrogen) atoms. The highest BCUT2D eigenvalue weighted by Crippen LogP contribution is 2.13. The number of hydrogen-bond donors (Lipinski definition) is 9. The molecule has 4 atom stereocenters. The Morgan fingerprint density at radius 3 is 2.07 bits per heavy atom. The zero-order chi connectivity index (χ0) is 34.8. The summed E-state index contributed by atoms with van der Waals surface area (Å²) >= 11 is 0.842. The average Bonchev–Trinajstić information content (AvgIpc) is 2.97. The molecule has 5 amide bonds. The highest BCUT2D eigenvalue weighted by Gasteiger charge is 2.30. The molecule has 0 spiro atoms. The summed E-state index contributed by atoms with van der Waals surface area (Å²) in [6.45, 7) is 5.04. The molecule has 1 rings (SSSR count). The summed E-state index contributed by atoms with van der Waals surface area (Å²) in [7, 11) is 0. The molecule has 0 aromatic heterocycles. The molecular weight excluding hydrogens is 618 g/mol. The van der Waals surface area contributed by atoms with Crippen LogP contribution in [0.15, 0.2) is 29.3 Å². The van der Waals surface area contributed by atoms with Crippen LogP contribution in [-0.2, 0) is 35.2 Å². The molecule has 0 aliphatic rings. The molecule has 0 fully saturated rings. The summed E-state index contributed by atoms with van der Waals surface area (Å²) in [5.74, 6) is -2.96. The monoisotopic (exact) mass is 665 g/mol. The van der Waals surface area contributed by atoms with Crippen molar-refractivity contribution >= 4 is 52.4 Å². The van der Waals surface area contributed by atoms with Crippen molar-refractivity contribution in [3.63, 3.8) is 0 Å². The normalized spacial score (nSPS) is 13.4. The van der Waals surface area contributed by atoms with Gasteiger partial charge in [-0.05, 0) is 49.8 Å². The van der Waals surface area contributed by atoms with Crippen LogP contribution in [0.25, 0.3) is 0 Å². The van der Waals surface area contributed by atoms with E-state index in [9.17, 15) is 33.9 Å². The van der Waals surface area contributed by atoms with Crippen LogP contribution in [0, 0.1) is 5.92 Å². The number of thioether (sulfide) groups is 1. The third kappa shape index (κ3) is 16.6. The lowest BCUT2D eigenvalue weighted by Crippen LogP contribution is -2.58. The van der Waals surface area contributed by atoms with Gasteiger partial charge in [0.1, 0.15) is 23.9 Å². The number of aliphatic imine (C=N–C) groups is 1. The predicted octanol–water partition coefficient (Wildman–Crippen LogP) is -1.91. The van der Waals surface area contributed by atoms with Gasteiger partial charge in [-0.2, -0.15) is 0 Å². The number of nitrogens with two attached hydrogens (primary N) is 4. The number of nitrogens with one attached hydrogen (secondary N) is 4. The van der Waals surface area contributed by atoms with Gasteiger partial charge in [0.2, 0.25) is 34.7 Å². The van der Waals surface area contributed by atoms with Gasteiger partial charge in [-0.1, -0.05) is 37.7 Å². The Labute approximate surface area is 272 Å². The summed E-state index contributed by atoms with van der Waals surface area (Å²) < 4.78 is 0. The van der Waals surface area contributed by atoms with E-state index in [0.717, 1.165) is 11.8 Å². The molecule has 0 aliphatic heterocycles. The molecule has 0 radical (unpaired) electrons. The first-order valence-electron chi connectivity index (χ1n) is 14.8. The smallest absolute Gasteiger partial charge is 0.243 e. The number of phenols is 1. The summed E-state index contributed by atoms with van der Waals surface area (Å²) in [6, 6.07) is 1.81. The first-order valence-corrected chi connectivity index (χ1v) is 15.8. The molecule has 0 heterocycles. The van der Waals surface area contributed by atoms with Gasteiger partial charge in [0.25, 0.3) is 0 Å². The van der Waals surface area contributed by atoms with Gasteiger partial charge in [0.15, 0.2) is 5.96 Å². The number of phenolic OH excluding ortho intramolecular Hbond substituents is 1. The molecular formula is C29H47N9O7S. The van der Waals surface area contributed by atoms with E-state index < -0.39 is 58.8 Å². The second-order valence-electron chi connectivity index (χ2n) is 11.1. The predicted molar refractivity (Wildman–Crippen MR) is 175 cm³/mol. The van der Waals surface area contributed by atoms with Crippen LogP contribution in [0.4, 0.5) is 0 Å². The first-order chi connectivity index (χ1) is 21.6. The number of amides is 5. The summed E-state index contributed by atoms with van der Waals surface area (Å²) in [5, 5.41) is 19.5. The van der Waals surface area contributed by atoms with Crippen molar-refractivity contribution in [1.29, 1.82) is 0 Å². The third-order valence-electron chi connectivity index (χ3n) is 6.42. The molecule has 1 aromatic rings. The number of carbonyl (C=O) groups excluding carboxylic acids is 6. The number of benzene rings is 1. The van der Waals surface area contributed by atoms with E-state index >= 15 is 0 Å². The Bertz CT molecular complexity index is 1220. The van der Waals surface area contributed by atoms with Crippen LogP contribution >= 0.6 is 11.8 Å². The Morgan fingerprint density at radius 2 is 1.48 bits per heavy atom. The number of carbonyl (C=O) groups is 6. The maximum Gasteiger partial charge on any atom is 0.243 e. The number of rotatable bonds is 20. The van der Waals surface area contributed by atoms with Crippen LogP contribution in [0.3, 0.4) is 0 Å². The maximum absolute atomic E-state index is 13.6. The van der Waals surface area contributed by atoms with Crippen LogP contribution in [-0.4, -0.2) is 88.7 Å². The topological polar surface area (TPSA) is 287 Å². The second kappa shape index (κ2) is 20.6. The molecule has 0 unspecified atom stereocenters. The van der Waals surface area contributed by atoms with Gasteiger partial charge in [-0.3, -0.25) is 33.8 Å². The van der Waals surface area contributed by atoms with E-state index in [1.807, 2.05) is 13.8 Å². The van der Waals surface area contributed by atoms with Crippen molar-refractivity contribution in [2.75, 3.05) is 18.8 Å². The molecule has 256 valence electrons. The minimum atomic E-state index is -1.16. The van der Waals surface area contributed by atoms with E-state index in [-0.39, 0.29) is 62.2 Å². The number of nitrogens with zero attached hydrogens (tertiary/aromatic N) is 1. The minimum Gasteiger partial charge on any atom is -0.508 e. The Hall–Kier alpha value is -4.38. The van der Waals surface area contributed by atoms with E-state index in [1.54, 1.807) is 12.1 Å². The zero-order valence-corrected chi connectivity index (χ0v) is 27.2. The Morgan fingerprint density at radius 1 is 0.870 bits per heavy atom. The van der Waals surface area contributed by atoms with Crippen molar-refractivity contribution < 1.29 is 33.9 Å². The molecule has 13 N–H and O–H groups in total. The number of guanidine groups is 1. The fourth-order valence-electron chi connectivity index (χ4n) is 4.02. The highest BCUT2D eigenvalue weighted by atomic mass is 32.2. The van der Waals surface area contributed by atoms with Crippen molar-refractivity contribution in [2.24, 2.45) is 33.8 Å². The van der Waals surface area contributed by atoms with E-state index in [1.165, 1.54) is 19.1 Å². The van der Waals surface area contributed by atoms with Crippen molar-refractivity contribution in [3.05, 3.63) is 29.8 Å². The quantitative estimate of drug-likeness (QED) is 0.0421. The molecule has 16 nitrogen and oxygen atoms in total. The summed E-state index contributed by atoms with van der Waals surface area (Å²) in [6.07, 6.45) is 0.773. The molecule has 0 saturated carbocycles. The largest absolute Gasteiger partial charge is 0.508 e. The van der Waals surface area contributed by atoms with Crippen LogP contribution in [0.5, 0.6) is 5.75 Å². The number of primary amides is 1. The zero-order valence-electron chi connectivity index (χ0n) is 26.4. The van der Waals surface area contributed by atoms with Gasteiger partial charge in [-0.15, -0.1) is 0 Å². The summed E-state index contributed by atoms with van der Waals surface area (Å²) in [4.78, 5) is 79.0. The lowest BCUT2D eigenvalue weighted by Gasteiger charge is -2.25. The fourth-order valence-corrected chi connectivity index (χ4v) is 4.73. The number of aromatic hydroxyl groups is 1. The molecule has 17 heteroatoms. The van der Waals surface area contributed by atoms with Crippen molar-refractivity contribution in [3.8, 4) is 5.75 Å². The molecule has 0 bridgehead atoms. The fraction of sp³-hybridized carbons (Fsp3) is 0.552. The Kier molecular flexibility index (Phi) is 17.8. The van der Waals surface area contributed by atoms with E-state index in [2.05, 4.69) is 26.3 Å². The summed E-state index contributed by atoms with van der Waals surface area (Å²) in [5.41, 5.74) is 22.5. The van der Waals surface area contributed by atoms with Crippen LogP contribution < -0.4 is 44.2 Å². The minimum absolute atomic E-state index is 0.0112. The lowest BCUT2D eigenvalue weighted by molar-refractivity contribution is -0.134. The van der Waals surface area contributed by atoms with Crippen LogP contribution in [0.2, 0.25) is 0 Å². The maximum atomic E-state index is 13.6. The average molecular weight is 666 g/mol. The molecule has 0 aliphatic carbocycles. The van der Waals surface area contributed by atoms with Gasteiger partial charge < -0.3 is 49.3 Å². The van der Waals surface area contributed by atoms with E-state index in [0.29, 0.717) is 12.0 Å². The first kappa shape index (κ1) is 39.6. The SMILES string of the molecule is CC(C)C[C@H](N)C(=O)N[C@@H](Cc1ccc(O)cc1)C(=O)N[C@@H](CCCN=C(N)N)C(=O)N[C@@H](C)C(=O)NCC(=O)SCCC(N)=O. The number of hydrogen-bond acceptors (Lipinski definition) is 10. The van der Waals surface area contributed by atoms with Crippen molar-refractivity contribution in [1.82, 2.24) is 21.3 Å². The molecule has 1 aromatic carbocycles. The van der Waals surface area contributed by atoms with E-state index in [4.69, 9.17) is 22.9 Å². The standard InChI is InChI=1S/C29H47N9O7S/c1-16(2)13-20(30)26(43)38-22(14-18-6-8-19(39)9-7-18)28(45)37-21(5-4-11-34-29(32)33)27(44)36-17(3)25(42)35-15-24(41)46-12-10-23(31)40/h6-9,16-17,20-22,39H,4-5,10-15,30H2,1-3H3,(H2,31,40)(H,35,42)(H,36,44)(H,37,45)(H,38,43)(H4,32,33,34)/t17-,20-,21-,22-/m0/s1. The van der Waals surface area contributed by atoms with Crippen LogP contribution in [0.1, 0.15) is 52.0 Å². The highest BCUT2D eigenvalue weighted by molar-refractivity contribution is 8.13. The van der Waals surface area contributed by atoms with Crippen molar-refractivity contribution in [2.45, 2.75) is 77.0 Å². The second-order valence-corrected chi connectivity index (χ2v) is 12.2. The molecule has 0 saturated heterocycles. The van der Waals surface area contributed by atoms with Gasteiger partial charge in [0.05, 0.1) is 12.6 Å². The Balaban J connectivity index is 3.04.